The minimum absolute atomic E-state index is 0.0460. The van der Waals surface area contributed by atoms with E-state index >= 15 is 0 Å². The van der Waals surface area contributed by atoms with E-state index in [-0.39, 0.29) is 13.5 Å². The molecule has 0 fully saturated rings. The molecule has 0 saturated carbocycles. The van der Waals surface area contributed by atoms with Gasteiger partial charge in [0.25, 0.3) is 0 Å². The van der Waals surface area contributed by atoms with E-state index in [0.29, 0.717) is 12.1 Å². The number of aromatic nitrogens is 2. The van der Waals surface area contributed by atoms with Gasteiger partial charge >= 0.3 is 17.8 Å². The molecule has 0 spiro atoms. The third-order valence-corrected chi connectivity index (χ3v) is 3.68. The van der Waals surface area contributed by atoms with E-state index in [9.17, 15) is 41.8 Å². The monoisotopic (exact) mass is 450 g/mol. The van der Waals surface area contributed by atoms with E-state index in [4.69, 9.17) is 4.74 Å². The molecule has 7 nitrogen and oxygen atoms in total. The van der Waals surface area contributed by atoms with Crippen LogP contribution in [0, 0.1) is 0 Å². The summed E-state index contributed by atoms with van der Waals surface area (Å²) in [5.74, 6) is -14.5. The topological polar surface area (TPSA) is 103 Å². The molecule has 1 N–H and O–H groups in total. The number of hydrogen-bond donors (Lipinski definition) is 1. The van der Waals surface area contributed by atoms with E-state index in [1.165, 1.54) is 6.20 Å². The Bertz CT molecular complexity index is 838. The average molecular weight is 450 g/mol. The molecule has 0 aliphatic rings. The first-order chi connectivity index (χ1) is 14.4. The molecule has 2 heterocycles. The SMILES string of the molecule is CC(F)C(F)(F)C(F)(F)C(=O)[O-].O=C(OCC(O)C[n+]1ccccc1)c1cccnc1. The van der Waals surface area contributed by atoms with Gasteiger partial charge in [0.2, 0.25) is 0 Å². The molecule has 0 amide bonds. The van der Waals surface area contributed by atoms with Crippen LogP contribution >= 0.6 is 0 Å². The smallest absolute Gasteiger partial charge is 0.352 e. The van der Waals surface area contributed by atoms with E-state index < -0.39 is 36.1 Å². The number of alkyl halides is 5. The number of aliphatic carboxylic acids is 1. The Hall–Kier alpha value is -3.15. The van der Waals surface area contributed by atoms with Crippen LogP contribution in [0.5, 0.6) is 0 Å². The van der Waals surface area contributed by atoms with E-state index in [0.717, 1.165) is 0 Å². The van der Waals surface area contributed by atoms with Crippen molar-refractivity contribution in [2.75, 3.05) is 6.61 Å². The van der Waals surface area contributed by atoms with Crippen molar-refractivity contribution in [1.82, 2.24) is 4.98 Å². The van der Waals surface area contributed by atoms with Gasteiger partial charge < -0.3 is 19.7 Å². The number of nitrogens with zero attached hydrogens (tertiary/aromatic N) is 2. The van der Waals surface area contributed by atoms with Crippen molar-refractivity contribution in [2.24, 2.45) is 0 Å². The average Bonchev–Trinajstić information content (AvgIpc) is 2.73. The summed E-state index contributed by atoms with van der Waals surface area (Å²) in [6.45, 7) is 0.466. The first-order valence-electron chi connectivity index (χ1n) is 8.70. The van der Waals surface area contributed by atoms with Crippen molar-refractivity contribution in [3.05, 3.63) is 60.7 Å². The van der Waals surface area contributed by atoms with Crippen LogP contribution in [0.3, 0.4) is 0 Å². The Balaban J connectivity index is 0.000000348. The molecule has 12 heteroatoms. The summed E-state index contributed by atoms with van der Waals surface area (Å²) in [5, 5.41) is 19.2. The van der Waals surface area contributed by atoms with Gasteiger partial charge in [0.1, 0.15) is 18.7 Å². The molecule has 170 valence electrons. The van der Waals surface area contributed by atoms with Crippen LogP contribution in [-0.2, 0) is 16.1 Å². The van der Waals surface area contributed by atoms with E-state index in [2.05, 4.69) is 4.98 Å². The van der Waals surface area contributed by atoms with Crippen LogP contribution in [0.1, 0.15) is 17.3 Å². The molecule has 0 aliphatic heterocycles. The summed E-state index contributed by atoms with van der Waals surface area (Å²) >= 11 is 0. The molecule has 0 aromatic carbocycles. The summed E-state index contributed by atoms with van der Waals surface area (Å²) in [4.78, 5) is 24.9. The molecule has 31 heavy (non-hydrogen) atoms. The van der Waals surface area contributed by atoms with Crippen LogP contribution in [0.4, 0.5) is 22.0 Å². The number of halogens is 5. The molecular formula is C19H19F5N2O5. The predicted octanol–water partition coefficient (Wildman–Crippen LogP) is 0.952. The Morgan fingerprint density at radius 2 is 1.81 bits per heavy atom. The van der Waals surface area contributed by atoms with Crippen LogP contribution in [0.2, 0.25) is 0 Å². The van der Waals surface area contributed by atoms with Crippen molar-refractivity contribution in [1.29, 1.82) is 0 Å². The van der Waals surface area contributed by atoms with Crippen molar-refractivity contribution < 1.29 is 51.1 Å². The molecule has 0 aliphatic carbocycles. The number of aliphatic hydroxyl groups is 1. The van der Waals surface area contributed by atoms with Gasteiger partial charge in [0, 0.05) is 24.5 Å². The van der Waals surface area contributed by atoms with Crippen LogP contribution < -0.4 is 9.67 Å². The molecule has 0 radical (unpaired) electrons. The fourth-order valence-electron chi connectivity index (χ4n) is 1.98. The van der Waals surface area contributed by atoms with Crippen LogP contribution in [0.25, 0.3) is 0 Å². The molecule has 2 aromatic heterocycles. The molecule has 0 bridgehead atoms. The maximum Gasteiger partial charge on any atom is 0.352 e. The Morgan fingerprint density at radius 1 is 1.19 bits per heavy atom. The number of ether oxygens (including phenoxy) is 1. The first-order valence-corrected chi connectivity index (χ1v) is 8.70. The fraction of sp³-hybridized carbons (Fsp3) is 0.368. The lowest BCUT2D eigenvalue weighted by atomic mass is 10.1. The summed E-state index contributed by atoms with van der Waals surface area (Å²) in [7, 11) is 0. The summed E-state index contributed by atoms with van der Waals surface area (Å²) in [6.07, 6.45) is 2.69. The minimum atomic E-state index is -5.48. The van der Waals surface area contributed by atoms with Gasteiger partial charge in [0.05, 0.1) is 5.56 Å². The predicted molar refractivity (Wildman–Crippen MR) is 92.6 cm³/mol. The summed E-state index contributed by atoms with van der Waals surface area (Å²) in [5.41, 5.74) is 0.377. The van der Waals surface area contributed by atoms with Crippen molar-refractivity contribution in [2.45, 2.75) is 37.6 Å². The van der Waals surface area contributed by atoms with Crippen molar-refractivity contribution >= 4 is 11.9 Å². The molecule has 2 rings (SSSR count). The summed E-state index contributed by atoms with van der Waals surface area (Å²) in [6, 6.07) is 8.91. The zero-order chi connectivity index (χ0) is 23.7. The number of carbonyl (C=O) groups excluding carboxylic acids is 2. The largest absolute Gasteiger partial charge is 0.544 e. The summed E-state index contributed by atoms with van der Waals surface area (Å²) < 4.78 is 66.6. The molecule has 0 saturated heterocycles. The standard InChI is InChI=1S/C14H15N2O3.C5H5F5O2/c17-13(10-16-7-2-1-3-8-16)11-19-14(18)12-5-4-6-15-9-12;1-2(6)4(7,8)5(9,10)3(11)12/h1-9,13,17H,10-11H2;2H,1H3,(H,11,12)/q+1;/p-1. The molecule has 2 atom stereocenters. The number of hydrogen-bond acceptors (Lipinski definition) is 6. The van der Waals surface area contributed by atoms with E-state index in [1.54, 1.807) is 18.3 Å². The number of rotatable bonds is 8. The Morgan fingerprint density at radius 3 is 2.26 bits per heavy atom. The first kappa shape index (κ1) is 25.9. The third kappa shape index (κ3) is 7.55. The number of esters is 1. The zero-order valence-corrected chi connectivity index (χ0v) is 16.1. The lowest BCUT2D eigenvalue weighted by Gasteiger charge is -2.27. The quantitative estimate of drug-likeness (QED) is 0.365. The molecule has 2 unspecified atom stereocenters. The van der Waals surface area contributed by atoms with E-state index in [1.807, 2.05) is 35.2 Å². The Kier molecular flexibility index (Phi) is 9.43. The third-order valence-electron chi connectivity index (χ3n) is 3.68. The minimum Gasteiger partial charge on any atom is -0.544 e. The van der Waals surface area contributed by atoms with Crippen molar-refractivity contribution in [3.8, 4) is 0 Å². The number of carbonyl (C=O) groups is 2. The highest BCUT2D eigenvalue weighted by molar-refractivity contribution is 5.88. The van der Waals surface area contributed by atoms with Gasteiger partial charge in [0.15, 0.2) is 25.1 Å². The highest BCUT2D eigenvalue weighted by Gasteiger charge is 2.61. The maximum atomic E-state index is 12.0. The van der Waals surface area contributed by atoms with Gasteiger partial charge in [-0.3, -0.25) is 4.98 Å². The van der Waals surface area contributed by atoms with Gasteiger partial charge in [-0.2, -0.15) is 17.6 Å². The molecule has 2 aromatic rings. The second-order valence-electron chi connectivity index (χ2n) is 6.17. The highest BCUT2D eigenvalue weighted by Crippen LogP contribution is 2.37. The number of aliphatic hydroxyl groups excluding tert-OH is 1. The Labute approximate surface area is 173 Å². The van der Waals surface area contributed by atoms with Crippen LogP contribution in [-0.4, -0.2) is 52.8 Å². The van der Waals surface area contributed by atoms with Gasteiger partial charge in [-0.05, 0) is 19.1 Å². The lowest BCUT2D eigenvalue weighted by Crippen LogP contribution is -2.57. The van der Waals surface area contributed by atoms with Gasteiger partial charge in [-0.15, -0.1) is 0 Å². The fourth-order valence-corrected chi connectivity index (χ4v) is 1.98. The van der Waals surface area contributed by atoms with Crippen molar-refractivity contribution in [3.63, 3.8) is 0 Å². The second kappa shape index (κ2) is 11.3. The lowest BCUT2D eigenvalue weighted by molar-refractivity contribution is -0.703. The normalized spacial score (nSPS) is 13.4. The zero-order valence-electron chi connectivity index (χ0n) is 16.1. The number of pyridine rings is 2. The van der Waals surface area contributed by atoms with Crippen LogP contribution in [0.15, 0.2) is 55.1 Å². The second-order valence-corrected chi connectivity index (χ2v) is 6.17. The van der Waals surface area contributed by atoms with Gasteiger partial charge in [-0.25, -0.2) is 13.8 Å². The van der Waals surface area contributed by atoms with Gasteiger partial charge in [-0.1, -0.05) is 6.07 Å². The number of carboxylic acids is 1. The number of carboxylic acid groups (broad SMARTS) is 1. The molecular weight excluding hydrogens is 431 g/mol. The highest BCUT2D eigenvalue weighted by atomic mass is 19.3. The maximum absolute atomic E-state index is 12.0.